The van der Waals surface area contributed by atoms with Crippen LogP contribution in [0.2, 0.25) is 0 Å². The van der Waals surface area contributed by atoms with Crippen molar-refractivity contribution in [2.75, 3.05) is 55.0 Å². The predicted molar refractivity (Wildman–Crippen MR) is 134 cm³/mol. The molecular formula is C21H29F2N5O3S3. The van der Waals surface area contributed by atoms with Gasteiger partial charge < -0.3 is 16.4 Å². The maximum atomic E-state index is 14.0. The summed E-state index contributed by atoms with van der Waals surface area (Å²) < 4.78 is 54.7. The smallest absolute Gasteiger partial charge is 0.214 e. The lowest BCUT2D eigenvalue weighted by Gasteiger charge is -2.31. The van der Waals surface area contributed by atoms with E-state index >= 15 is 0 Å². The molecule has 8 nitrogen and oxygen atoms in total. The van der Waals surface area contributed by atoms with Crippen LogP contribution in [0, 0.1) is 11.6 Å². The summed E-state index contributed by atoms with van der Waals surface area (Å²) >= 11 is 2.67. The maximum absolute atomic E-state index is 14.0. The third-order valence-corrected chi connectivity index (χ3v) is 9.03. The van der Waals surface area contributed by atoms with E-state index in [0.717, 1.165) is 35.8 Å². The number of thioether (sulfide) groups is 1. The number of carbonyl (C=O) groups excluding carboxylic acids is 1. The summed E-state index contributed by atoms with van der Waals surface area (Å²) in [5.74, 6) is -1.78. The van der Waals surface area contributed by atoms with Gasteiger partial charge in [0.05, 0.1) is 11.3 Å². The molecule has 0 atom stereocenters. The van der Waals surface area contributed by atoms with Crippen LogP contribution in [0.3, 0.4) is 0 Å². The Balaban J connectivity index is 1.52. The number of halogens is 2. The van der Waals surface area contributed by atoms with Crippen molar-refractivity contribution in [1.29, 1.82) is 0 Å². The molecule has 1 aliphatic rings. The van der Waals surface area contributed by atoms with Gasteiger partial charge in [0.2, 0.25) is 15.8 Å². The molecule has 188 valence electrons. The number of thiazole rings is 1. The van der Waals surface area contributed by atoms with Gasteiger partial charge in [0.25, 0.3) is 0 Å². The molecule has 3 rings (SSSR count). The number of anilines is 2. The largest absolute Gasteiger partial charge is 0.382 e. The van der Waals surface area contributed by atoms with E-state index in [9.17, 15) is 22.0 Å². The standard InChI is InChI=1S/C21H29F2N5O3S3/c1-32-12-9-25-8-3-13-34(30,31)28-10-6-14(7-11-28)26-21-27-20(24)19(33-21)18(29)17-15(22)4-2-5-16(17)23/h2,4-5,14,25H,3,6-13,24H2,1H3,(H,26,27). The van der Waals surface area contributed by atoms with E-state index in [1.165, 1.54) is 10.4 Å². The molecule has 0 unspecified atom stereocenters. The Labute approximate surface area is 206 Å². The first-order valence-electron chi connectivity index (χ1n) is 10.9. The Bertz CT molecular complexity index is 1070. The Morgan fingerprint density at radius 1 is 1.26 bits per heavy atom. The Hall–Kier alpha value is -1.80. The lowest BCUT2D eigenvalue weighted by Crippen LogP contribution is -2.43. The third-order valence-electron chi connectivity index (χ3n) is 5.46. The maximum Gasteiger partial charge on any atom is 0.214 e. The van der Waals surface area contributed by atoms with Crippen LogP contribution in [0.1, 0.15) is 34.5 Å². The zero-order valence-corrected chi connectivity index (χ0v) is 21.3. The Kier molecular flexibility index (Phi) is 9.65. The fourth-order valence-electron chi connectivity index (χ4n) is 3.65. The van der Waals surface area contributed by atoms with Gasteiger partial charge in [-0.3, -0.25) is 4.79 Å². The third kappa shape index (κ3) is 6.87. The molecule has 0 bridgehead atoms. The van der Waals surface area contributed by atoms with Crippen LogP contribution >= 0.6 is 23.1 Å². The van der Waals surface area contributed by atoms with E-state index < -0.39 is 33.0 Å². The van der Waals surface area contributed by atoms with Crippen molar-refractivity contribution in [2.24, 2.45) is 0 Å². The summed E-state index contributed by atoms with van der Waals surface area (Å²) in [5.41, 5.74) is 5.18. The molecule has 1 fully saturated rings. The molecule has 1 aliphatic heterocycles. The van der Waals surface area contributed by atoms with Gasteiger partial charge in [-0.15, -0.1) is 0 Å². The van der Waals surface area contributed by atoms with Crippen LogP contribution in [0.15, 0.2) is 18.2 Å². The number of carbonyl (C=O) groups is 1. The molecule has 0 spiro atoms. The molecule has 1 saturated heterocycles. The molecule has 0 amide bonds. The molecule has 2 heterocycles. The Morgan fingerprint density at radius 2 is 1.94 bits per heavy atom. The minimum Gasteiger partial charge on any atom is -0.382 e. The SMILES string of the molecule is CSCCNCCCS(=O)(=O)N1CCC(Nc2nc(N)c(C(=O)c3c(F)cccc3F)s2)CC1. The van der Waals surface area contributed by atoms with Gasteiger partial charge in [0.15, 0.2) is 5.13 Å². The van der Waals surface area contributed by atoms with Crippen LogP contribution in [0.5, 0.6) is 0 Å². The highest BCUT2D eigenvalue weighted by Crippen LogP contribution is 2.30. The minimum atomic E-state index is -3.31. The molecule has 1 aromatic carbocycles. The number of ketones is 1. The van der Waals surface area contributed by atoms with Crippen LogP contribution in [0.4, 0.5) is 19.7 Å². The number of piperidine rings is 1. The number of nitrogens with one attached hydrogen (secondary N) is 2. The van der Waals surface area contributed by atoms with Gasteiger partial charge >= 0.3 is 0 Å². The van der Waals surface area contributed by atoms with Gasteiger partial charge in [-0.1, -0.05) is 17.4 Å². The van der Waals surface area contributed by atoms with Gasteiger partial charge in [0.1, 0.15) is 22.3 Å². The molecule has 13 heteroatoms. The molecule has 4 N–H and O–H groups in total. The number of sulfonamides is 1. The summed E-state index contributed by atoms with van der Waals surface area (Å²) in [6.07, 6.45) is 3.72. The van der Waals surface area contributed by atoms with E-state index in [2.05, 4.69) is 15.6 Å². The van der Waals surface area contributed by atoms with E-state index in [4.69, 9.17) is 5.73 Å². The minimum absolute atomic E-state index is 0.0438. The number of nitrogen functional groups attached to an aromatic ring is 1. The highest BCUT2D eigenvalue weighted by Gasteiger charge is 2.29. The van der Waals surface area contributed by atoms with E-state index in [0.29, 0.717) is 44.0 Å². The van der Waals surface area contributed by atoms with E-state index in [-0.39, 0.29) is 22.5 Å². The average Bonchev–Trinajstić information content (AvgIpc) is 3.16. The summed E-state index contributed by atoms with van der Waals surface area (Å²) in [6, 6.07) is 3.15. The number of hydrogen-bond acceptors (Lipinski definition) is 9. The van der Waals surface area contributed by atoms with E-state index in [1.54, 1.807) is 11.8 Å². The van der Waals surface area contributed by atoms with Crippen molar-refractivity contribution in [3.8, 4) is 0 Å². The molecule has 1 aromatic heterocycles. The van der Waals surface area contributed by atoms with Gasteiger partial charge in [0, 0.05) is 31.4 Å². The number of nitrogens with two attached hydrogens (primary N) is 1. The fraction of sp³-hybridized carbons (Fsp3) is 0.524. The highest BCUT2D eigenvalue weighted by molar-refractivity contribution is 7.98. The molecule has 0 radical (unpaired) electrons. The first-order chi connectivity index (χ1) is 16.2. The Morgan fingerprint density at radius 3 is 2.59 bits per heavy atom. The number of benzene rings is 1. The fourth-order valence-corrected chi connectivity index (χ4v) is 6.44. The van der Waals surface area contributed by atoms with E-state index in [1.807, 2.05) is 6.26 Å². The van der Waals surface area contributed by atoms with Crippen LogP contribution < -0.4 is 16.4 Å². The quantitative estimate of drug-likeness (QED) is 0.282. The molecular weight excluding hydrogens is 504 g/mol. The normalized spacial score (nSPS) is 15.5. The summed E-state index contributed by atoms with van der Waals surface area (Å²) in [5, 5.41) is 6.76. The first-order valence-corrected chi connectivity index (χ1v) is 14.7. The van der Waals surface area contributed by atoms with Crippen molar-refractivity contribution in [2.45, 2.75) is 25.3 Å². The number of hydrogen-bond donors (Lipinski definition) is 3. The van der Waals surface area contributed by atoms with Gasteiger partial charge in [-0.25, -0.2) is 26.5 Å². The van der Waals surface area contributed by atoms with Gasteiger partial charge in [-0.05, 0) is 44.2 Å². The summed E-state index contributed by atoms with van der Waals surface area (Å²) in [7, 11) is -3.31. The van der Waals surface area contributed by atoms with Crippen molar-refractivity contribution < 1.29 is 22.0 Å². The zero-order valence-electron chi connectivity index (χ0n) is 18.9. The number of rotatable bonds is 12. The summed E-state index contributed by atoms with van der Waals surface area (Å²) in [4.78, 5) is 16.7. The monoisotopic (exact) mass is 533 g/mol. The van der Waals surface area contributed by atoms with Crippen molar-refractivity contribution >= 4 is 49.9 Å². The highest BCUT2D eigenvalue weighted by atomic mass is 32.2. The second kappa shape index (κ2) is 12.2. The molecule has 0 aliphatic carbocycles. The molecule has 0 saturated carbocycles. The van der Waals surface area contributed by atoms with Gasteiger partial charge in [-0.2, -0.15) is 11.8 Å². The number of nitrogens with zero attached hydrogens (tertiary/aromatic N) is 2. The van der Waals surface area contributed by atoms with Crippen molar-refractivity contribution in [3.63, 3.8) is 0 Å². The lowest BCUT2D eigenvalue weighted by molar-refractivity contribution is 0.103. The molecule has 34 heavy (non-hydrogen) atoms. The topological polar surface area (TPSA) is 117 Å². The van der Waals surface area contributed by atoms with Crippen molar-refractivity contribution in [3.05, 3.63) is 40.3 Å². The lowest BCUT2D eigenvalue weighted by atomic mass is 10.1. The molecule has 2 aromatic rings. The van der Waals surface area contributed by atoms with Crippen LogP contribution in [0.25, 0.3) is 0 Å². The van der Waals surface area contributed by atoms with Crippen molar-refractivity contribution in [1.82, 2.24) is 14.6 Å². The second-order valence-electron chi connectivity index (χ2n) is 7.89. The van der Waals surface area contributed by atoms with Crippen LogP contribution in [-0.4, -0.2) is 73.5 Å². The first kappa shape index (κ1) is 26.8. The zero-order chi connectivity index (χ0) is 24.7. The summed E-state index contributed by atoms with van der Waals surface area (Å²) in [6.45, 7) is 2.29. The van der Waals surface area contributed by atoms with Crippen LogP contribution in [-0.2, 0) is 10.0 Å². The number of aromatic nitrogens is 1. The average molecular weight is 534 g/mol. The second-order valence-corrected chi connectivity index (χ2v) is 12.0. The predicted octanol–water partition coefficient (Wildman–Crippen LogP) is 2.78.